The lowest BCUT2D eigenvalue weighted by molar-refractivity contribution is -0.147. The van der Waals surface area contributed by atoms with E-state index in [1.165, 1.54) is 38.4 Å². The lowest BCUT2D eigenvalue weighted by Crippen LogP contribution is -2.17. The molecule has 1 aliphatic rings. The Balaban J connectivity index is 1.43. The normalized spacial score (nSPS) is 15.7. The van der Waals surface area contributed by atoms with Crippen LogP contribution in [-0.2, 0) is 16.3 Å². The van der Waals surface area contributed by atoms with Gasteiger partial charge in [0.1, 0.15) is 12.0 Å². The van der Waals surface area contributed by atoms with E-state index in [0.29, 0.717) is 24.7 Å². The third kappa shape index (κ3) is 6.13. The van der Waals surface area contributed by atoms with Crippen molar-refractivity contribution in [1.29, 1.82) is 5.26 Å². The molecule has 36 heavy (non-hydrogen) atoms. The first-order valence-electron chi connectivity index (χ1n) is 13.5. The summed E-state index contributed by atoms with van der Waals surface area (Å²) in [6.07, 6.45) is 18.5. The number of nitrogens with zero attached hydrogens (tertiary/aromatic N) is 6. The van der Waals surface area contributed by atoms with Gasteiger partial charge in [0.25, 0.3) is 0 Å². The summed E-state index contributed by atoms with van der Waals surface area (Å²) >= 11 is 0. The van der Waals surface area contributed by atoms with Crippen LogP contribution in [-0.4, -0.2) is 30.3 Å². The lowest BCUT2D eigenvalue weighted by Gasteiger charge is -2.21. The number of nitriles is 1. The smallest absolute Gasteiger partial charge is 0.307 e. The number of hydrogen-bond donors (Lipinski definition) is 0. The molecule has 0 spiro atoms. The summed E-state index contributed by atoms with van der Waals surface area (Å²) in [5.74, 6) is 0.915. The fraction of sp³-hybridized carbons (Fsp3) is 0.607. The number of esters is 1. The lowest BCUT2D eigenvalue weighted by atomic mass is 9.94. The first-order chi connectivity index (χ1) is 17.6. The highest BCUT2D eigenvalue weighted by Crippen LogP contribution is 2.36. The van der Waals surface area contributed by atoms with Crippen LogP contribution in [0.25, 0.3) is 22.3 Å². The molecule has 1 fully saturated rings. The van der Waals surface area contributed by atoms with Gasteiger partial charge in [0.2, 0.25) is 0 Å². The molecule has 8 heteroatoms. The van der Waals surface area contributed by atoms with Crippen molar-refractivity contribution in [2.75, 3.05) is 0 Å². The Labute approximate surface area is 213 Å². The molecule has 4 rings (SSSR count). The molecule has 3 aromatic heterocycles. The van der Waals surface area contributed by atoms with E-state index < -0.39 is 0 Å². The van der Waals surface area contributed by atoms with Crippen LogP contribution in [0.1, 0.15) is 90.5 Å². The average Bonchev–Trinajstić information content (AvgIpc) is 3.67. The summed E-state index contributed by atoms with van der Waals surface area (Å²) < 4.78 is 9.37. The van der Waals surface area contributed by atoms with Crippen LogP contribution in [0, 0.1) is 23.2 Å². The molecule has 0 amide bonds. The van der Waals surface area contributed by atoms with Gasteiger partial charge in [-0.05, 0) is 37.2 Å². The van der Waals surface area contributed by atoms with E-state index in [1.807, 2.05) is 33.9 Å². The minimum Gasteiger partial charge on any atom is -0.444 e. The molecule has 1 aliphatic carbocycles. The zero-order valence-corrected chi connectivity index (χ0v) is 21.6. The zero-order chi connectivity index (χ0) is 25.3. The van der Waals surface area contributed by atoms with Gasteiger partial charge in [0.05, 0.1) is 30.4 Å². The summed E-state index contributed by atoms with van der Waals surface area (Å²) in [6.45, 7) is 4.53. The Bertz CT molecular complexity index is 1170. The minimum absolute atomic E-state index is 0.0990. The predicted octanol–water partition coefficient (Wildman–Crippen LogP) is 6.44. The van der Waals surface area contributed by atoms with Crippen molar-refractivity contribution in [2.24, 2.45) is 11.8 Å². The Morgan fingerprint density at radius 1 is 1.25 bits per heavy atom. The Hall–Kier alpha value is -3.21. The van der Waals surface area contributed by atoms with Gasteiger partial charge in [-0.25, -0.2) is 9.97 Å². The summed E-state index contributed by atoms with van der Waals surface area (Å²) in [5.41, 5.74) is 2.41. The number of unbranched alkanes of at least 4 members (excludes halogenated alkanes) is 1. The number of carbonyl (C=O) groups is 1. The molecule has 0 N–H and O–H groups in total. The molecule has 0 unspecified atom stereocenters. The molecule has 3 aromatic rings. The maximum absolute atomic E-state index is 12.4. The van der Waals surface area contributed by atoms with E-state index in [4.69, 9.17) is 4.74 Å². The third-order valence-corrected chi connectivity index (χ3v) is 7.68. The van der Waals surface area contributed by atoms with Crippen LogP contribution in [0.5, 0.6) is 0 Å². The fourth-order valence-corrected chi connectivity index (χ4v) is 5.47. The Kier molecular flexibility index (Phi) is 9.10. The van der Waals surface area contributed by atoms with Crippen LogP contribution >= 0.6 is 0 Å². The average molecular weight is 491 g/mol. The zero-order valence-electron chi connectivity index (χ0n) is 21.6. The van der Waals surface area contributed by atoms with Crippen molar-refractivity contribution in [2.45, 2.75) is 97.2 Å². The molecular weight excluding hydrogens is 452 g/mol. The highest BCUT2D eigenvalue weighted by molar-refractivity contribution is 5.90. The number of hydrogen-bond acceptors (Lipinski definition) is 6. The van der Waals surface area contributed by atoms with Crippen LogP contribution < -0.4 is 0 Å². The molecule has 2 atom stereocenters. The van der Waals surface area contributed by atoms with Crippen molar-refractivity contribution in [3.8, 4) is 17.3 Å². The molecular formula is C28H38N6O2. The second-order valence-electron chi connectivity index (χ2n) is 10.0. The first-order valence-corrected chi connectivity index (χ1v) is 13.5. The standard InChI is InChI=1S/C28H38N6O2/c1-3-5-8-21(4-2)11-12-26(35)36-20-33-16-14-24-27(30-19-31-28(24)33)23-17-32-34(18-23)25(13-15-29)22-9-6-7-10-22/h14,16-19,21-22,25H,3-13,20H2,1-2H3/t21-,25-/m1/s1. The van der Waals surface area contributed by atoms with E-state index in [1.54, 1.807) is 0 Å². The third-order valence-electron chi connectivity index (χ3n) is 7.68. The molecule has 1 saturated carbocycles. The fourth-order valence-electron chi connectivity index (χ4n) is 5.47. The molecule has 3 heterocycles. The molecule has 192 valence electrons. The SMILES string of the molecule is CCCC[C@@H](CC)CCC(=O)OCn1ccc2c(-c3cnn([C@H](CC#N)C4CCCC4)c3)ncnc21. The summed E-state index contributed by atoms with van der Waals surface area (Å²) in [5, 5.41) is 14.9. The molecule has 0 bridgehead atoms. The van der Waals surface area contributed by atoms with Gasteiger partial charge >= 0.3 is 5.97 Å². The van der Waals surface area contributed by atoms with Crippen molar-refractivity contribution in [1.82, 2.24) is 24.3 Å². The van der Waals surface area contributed by atoms with Crippen molar-refractivity contribution in [3.63, 3.8) is 0 Å². The molecule has 0 radical (unpaired) electrons. The molecule has 8 nitrogen and oxygen atoms in total. The minimum atomic E-state index is -0.169. The van der Waals surface area contributed by atoms with E-state index in [2.05, 4.69) is 35.0 Å². The van der Waals surface area contributed by atoms with Crippen LogP contribution in [0.15, 0.2) is 31.0 Å². The topological polar surface area (TPSA) is 98.6 Å². The van der Waals surface area contributed by atoms with Gasteiger partial charge < -0.3 is 4.74 Å². The Morgan fingerprint density at radius 3 is 2.83 bits per heavy atom. The maximum Gasteiger partial charge on any atom is 0.307 e. The van der Waals surface area contributed by atoms with E-state index in [0.717, 1.165) is 48.0 Å². The quantitative estimate of drug-likeness (QED) is 0.256. The van der Waals surface area contributed by atoms with Gasteiger partial charge in [0, 0.05) is 29.8 Å². The van der Waals surface area contributed by atoms with Gasteiger partial charge in [-0.3, -0.25) is 14.0 Å². The highest BCUT2D eigenvalue weighted by Gasteiger charge is 2.27. The number of rotatable bonds is 13. The molecule has 0 aliphatic heterocycles. The predicted molar refractivity (Wildman–Crippen MR) is 139 cm³/mol. The largest absolute Gasteiger partial charge is 0.444 e. The first kappa shape index (κ1) is 25.9. The highest BCUT2D eigenvalue weighted by atomic mass is 16.5. The summed E-state index contributed by atoms with van der Waals surface area (Å²) in [7, 11) is 0. The number of ether oxygens (including phenoxy) is 1. The maximum atomic E-state index is 12.4. The molecule has 0 saturated heterocycles. The van der Waals surface area contributed by atoms with Gasteiger partial charge in [-0.1, -0.05) is 52.4 Å². The van der Waals surface area contributed by atoms with Crippen LogP contribution in [0.4, 0.5) is 0 Å². The van der Waals surface area contributed by atoms with Crippen molar-refractivity contribution in [3.05, 3.63) is 31.0 Å². The van der Waals surface area contributed by atoms with Crippen LogP contribution in [0.3, 0.4) is 0 Å². The van der Waals surface area contributed by atoms with E-state index in [9.17, 15) is 10.1 Å². The van der Waals surface area contributed by atoms with Crippen molar-refractivity contribution >= 4 is 17.0 Å². The number of aromatic nitrogens is 5. The second-order valence-corrected chi connectivity index (χ2v) is 10.0. The van der Waals surface area contributed by atoms with Crippen molar-refractivity contribution < 1.29 is 9.53 Å². The Morgan fingerprint density at radius 2 is 2.08 bits per heavy atom. The van der Waals surface area contributed by atoms with Gasteiger partial charge in [-0.2, -0.15) is 10.4 Å². The van der Waals surface area contributed by atoms with E-state index >= 15 is 0 Å². The van der Waals surface area contributed by atoms with E-state index in [-0.39, 0.29) is 18.7 Å². The van der Waals surface area contributed by atoms with Crippen LogP contribution in [0.2, 0.25) is 0 Å². The summed E-state index contributed by atoms with van der Waals surface area (Å²) in [6, 6.07) is 4.40. The number of carbonyl (C=O) groups excluding carboxylic acids is 1. The second kappa shape index (κ2) is 12.7. The van der Waals surface area contributed by atoms with Gasteiger partial charge in [0.15, 0.2) is 6.73 Å². The molecule has 0 aromatic carbocycles. The van der Waals surface area contributed by atoms with Gasteiger partial charge in [-0.15, -0.1) is 0 Å². The number of fused-ring (bicyclic) bond motifs is 1. The summed E-state index contributed by atoms with van der Waals surface area (Å²) in [4.78, 5) is 21.4. The monoisotopic (exact) mass is 490 g/mol.